The zero-order chi connectivity index (χ0) is 23.6. The van der Waals surface area contributed by atoms with Crippen LogP contribution >= 0.6 is 0 Å². The predicted octanol–water partition coefficient (Wildman–Crippen LogP) is 2.43. The van der Waals surface area contributed by atoms with Gasteiger partial charge in [0.05, 0.1) is 30.9 Å². The van der Waals surface area contributed by atoms with Crippen LogP contribution in [-0.2, 0) is 4.74 Å². The van der Waals surface area contributed by atoms with E-state index in [0.717, 1.165) is 10.9 Å². The van der Waals surface area contributed by atoms with Crippen molar-refractivity contribution < 1.29 is 29.0 Å². The molecule has 1 unspecified atom stereocenters. The monoisotopic (exact) mass is 461 g/mol. The van der Waals surface area contributed by atoms with Gasteiger partial charge in [0.2, 0.25) is 0 Å². The van der Waals surface area contributed by atoms with Gasteiger partial charge in [-0.3, -0.25) is 14.2 Å². The van der Waals surface area contributed by atoms with Gasteiger partial charge in [-0.05, 0) is 23.8 Å². The van der Waals surface area contributed by atoms with E-state index in [1.807, 2.05) is 12.1 Å². The van der Waals surface area contributed by atoms with Crippen molar-refractivity contribution in [3.63, 3.8) is 0 Å². The number of para-hydroxylation sites is 1. The number of aromatic nitrogens is 1. The summed E-state index contributed by atoms with van der Waals surface area (Å²) in [4.78, 5) is 37.6. The van der Waals surface area contributed by atoms with Crippen molar-refractivity contribution in [2.45, 2.75) is 12.0 Å². The topological polar surface area (TPSA) is 119 Å². The molecule has 3 aromatic rings. The highest BCUT2D eigenvalue weighted by molar-refractivity contribution is 6.03. The Bertz CT molecular complexity index is 1350. The van der Waals surface area contributed by atoms with E-state index >= 15 is 0 Å². The SMILES string of the molecule is CNC(=O)c1cc(C(=O)N[C@H]2[C@@H]3COC[C@@H]32)cc2c1OCC2c1cn(C(=O)O)c2ccccc12. The fourth-order valence-electron chi connectivity index (χ4n) is 5.35. The van der Waals surface area contributed by atoms with Gasteiger partial charge < -0.3 is 25.2 Å². The third-order valence-electron chi connectivity index (χ3n) is 7.20. The molecule has 6 rings (SSSR count). The third-order valence-corrected chi connectivity index (χ3v) is 7.20. The Labute approximate surface area is 194 Å². The smallest absolute Gasteiger partial charge is 0.416 e. The largest absolute Gasteiger partial charge is 0.491 e. The molecule has 3 aliphatic rings. The van der Waals surface area contributed by atoms with Crippen LogP contribution in [0.4, 0.5) is 4.79 Å². The second-order valence-electron chi connectivity index (χ2n) is 9.00. The molecule has 0 radical (unpaired) electrons. The van der Waals surface area contributed by atoms with Crippen molar-refractivity contribution in [3.8, 4) is 5.75 Å². The summed E-state index contributed by atoms with van der Waals surface area (Å²) in [5, 5.41) is 16.2. The number of hydrogen-bond donors (Lipinski definition) is 3. The molecule has 2 aromatic carbocycles. The normalized spacial score (nSPS) is 24.3. The first-order chi connectivity index (χ1) is 16.5. The molecule has 1 aromatic heterocycles. The lowest BCUT2D eigenvalue weighted by Gasteiger charge is -2.13. The van der Waals surface area contributed by atoms with Gasteiger partial charge in [-0.1, -0.05) is 18.2 Å². The average Bonchev–Trinajstić information content (AvgIpc) is 3.28. The maximum Gasteiger partial charge on any atom is 0.416 e. The van der Waals surface area contributed by atoms with E-state index in [1.54, 1.807) is 30.5 Å². The number of amides is 2. The van der Waals surface area contributed by atoms with E-state index < -0.39 is 6.09 Å². The summed E-state index contributed by atoms with van der Waals surface area (Å²) in [6.45, 7) is 1.56. The van der Waals surface area contributed by atoms with Gasteiger partial charge in [0.15, 0.2) is 0 Å². The van der Waals surface area contributed by atoms with Crippen LogP contribution in [-0.4, -0.2) is 60.5 Å². The van der Waals surface area contributed by atoms with E-state index in [0.29, 0.717) is 47.4 Å². The van der Waals surface area contributed by atoms with Crippen molar-refractivity contribution in [1.29, 1.82) is 0 Å². The summed E-state index contributed by atoms with van der Waals surface area (Å²) in [6, 6.07) is 10.7. The summed E-state index contributed by atoms with van der Waals surface area (Å²) in [6.07, 6.45) is 0.508. The minimum absolute atomic E-state index is 0.0959. The van der Waals surface area contributed by atoms with Crippen molar-refractivity contribution in [2.24, 2.45) is 11.8 Å². The van der Waals surface area contributed by atoms with Crippen LogP contribution in [0.2, 0.25) is 0 Å². The maximum atomic E-state index is 13.1. The van der Waals surface area contributed by atoms with Gasteiger partial charge in [-0.25, -0.2) is 4.79 Å². The molecular formula is C25H23N3O6. The van der Waals surface area contributed by atoms with E-state index in [4.69, 9.17) is 9.47 Å². The standard InChI is InChI=1S/C25H23N3O6/c1-26-24(30)15-7-12(23(29)27-21-18-9-33-10-19(18)21)6-14-17(11-34-22(14)15)16-8-28(25(31)32)20-5-3-2-4-13(16)20/h2-8,17-19,21H,9-11H2,1H3,(H,26,30)(H,27,29)(H,31,32)/t17?,18-,19+,21+. The maximum absolute atomic E-state index is 13.1. The highest BCUT2D eigenvalue weighted by Crippen LogP contribution is 2.45. The first kappa shape index (κ1) is 20.7. The lowest BCUT2D eigenvalue weighted by Crippen LogP contribution is -2.30. The molecule has 9 heteroatoms. The quantitative estimate of drug-likeness (QED) is 0.549. The highest BCUT2D eigenvalue weighted by atomic mass is 16.5. The van der Waals surface area contributed by atoms with Gasteiger partial charge in [-0.15, -0.1) is 0 Å². The summed E-state index contributed by atoms with van der Waals surface area (Å²) >= 11 is 0. The number of carbonyl (C=O) groups excluding carboxylic acids is 2. The third kappa shape index (κ3) is 3.07. The summed E-state index contributed by atoms with van der Waals surface area (Å²) in [7, 11) is 1.53. The van der Waals surface area contributed by atoms with E-state index in [2.05, 4.69) is 10.6 Å². The van der Waals surface area contributed by atoms with E-state index in [1.165, 1.54) is 11.6 Å². The Kier molecular flexibility index (Phi) is 4.63. The van der Waals surface area contributed by atoms with Crippen LogP contribution in [0.25, 0.3) is 10.9 Å². The Hall–Kier alpha value is -3.85. The summed E-state index contributed by atoms with van der Waals surface area (Å²) in [5.41, 5.74) is 2.70. The number of carbonyl (C=O) groups is 3. The molecule has 1 saturated heterocycles. The zero-order valence-electron chi connectivity index (χ0n) is 18.4. The number of ether oxygens (including phenoxy) is 2. The number of nitrogens with zero attached hydrogens (tertiary/aromatic N) is 1. The lowest BCUT2D eigenvalue weighted by molar-refractivity contribution is 0.0928. The van der Waals surface area contributed by atoms with Crippen LogP contribution in [0.1, 0.15) is 37.8 Å². The van der Waals surface area contributed by atoms with Crippen LogP contribution in [0.15, 0.2) is 42.6 Å². The molecule has 1 saturated carbocycles. The Morgan fingerprint density at radius 1 is 1.03 bits per heavy atom. The molecule has 2 fully saturated rings. The highest BCUT2D eigenvalue weighted by Gasteiger charge is 2.54. The average molecular weight is 461 g/mol. The summed E-state index contributed by atoms with van der Waals surface area (Å²) in [5.74, 6) is 0.210. The second-order valence-corrected chi connectivity index (χ2v) is 9.00. The Balaban J connectivity index is 1.43. The van der Waals surface area contributed by atoms with Crippen molar-refractivity contribution in [3.05, 3.63) is 64.8 Å². The molecular weight excluding hydrogens is 438 g/mol. The van der Waals surface area contributed by atoms with Crippen molar-refractivity contribution in [1.82, 2.24) is 15.2 Å². The second kappa shape index (κ2) is 7.59. The van der Waals surface area contributed by atoms with E-state index in [9.17, 15) is 19.5 Å². The van der Waals surface area contributed by atoms with Gasteiger partial charge in [-0.2, -0.15) is 0 Å². The zero-order valence-corrected chi connectivity index (χ0v) is 18.4. The fourth-order valence-corrected chi connectivity index (χ4v) is 5.35. The number of benzene rings is 2. The number of nitrogens with one attached hydrogen (secondary N) is 2. The first-order valence-electron chi connectivity index (χ1n) is 11.2. The molecule has 3 N–H and O–H groups in total. The Morgan fingerprint density at radius 3 is 2.53 bits per heavy atom. The molecule has 34 heavy (non-hydrogen) atoms. The van der Waals surface area contributed by atoms with Crippen LogP contribution in [0.5, 0.6) is 5.75 Å². The van der Waals surface area contributed by atoms with Crippen LogP contribution in [0.3, 0.4) is 0 Å². The van der Waals surface area contributed by atoms with E-state index in [-0.39, 0.29) is 35.9 Å². The van der Waals surface area contributed by atoms with Crippen LogP contribution in [0, 0.1) is 11.8 Å². The van der Waals surface area contributed by atoms with Gasteiger partial charge in [0.25, 0.3) is 11.8 Å². The molecule has 3 heterocycles. The van der Waals surface area contributed by atoms with Gasteiger partial charge >= 0.3 is 6.09 Å². The predicted molar refractivity (Wildman–Crippen MR) is 122 cm³/mol. The molecule has 1 aliphatic carbocycles. The summed E-state index contributed by atoms with van der Waals surface area (Å²) < 4.78 is 12.6. The first-order valence-corrected chi connectivity index (χ1v) is 11.2. The number of rotatable bonds is 4. The lowest BCUT2D eigenvalue weighted by atomic mass is 9.90. The van der Waals surface area contributed by atoms with Crippen molar-refractivity contribution in [2.75, 3.05) is 26.9 Å². The van der Waals surface area contributed by atoms with Crippen LogP contribution < -0.4 is 15.4 Å². The molecule has 4 atom stereocenters. The molecule has 2 amide bonds. The number of hydrogen-bond acceptors (Lipinski definition) is 5. The van der Waals surface area contributed by atoms with Gasteiger partial charge in [0.1, 0.15) is 5.75 Å². The van der Waals surface area contributed by atoms with Gasteiger partial charge in [0, 0.05) is 53.6 Å². The van der Waals surface area contributed by atoms with Crippen molar-refractivity contribution >= 4 is 28.8 Å². The molecule has 174 valence electrons. The fraction of sp³-hybridized carbons (Fsp3) is 0.320. The molecule has 0 spiro atoms. The number of fused-ring (bicyclic) bond motifs is 3. The molecule has 2 aliphatic heterocycles. The number of carboxylic acid groups (broad SMARTS) is 1. The molecule has 0 bridgehead atoms. The molecule has 9 nitrogen and oxygen atoms in total. The minimum Gasteiger partial charge on any atom is -0.491 e. The Morgan fingerprint density at radius 2 is 1.79 bits per heavy atom. The minimum atomic E-state index is -1.08.